The Bertz CT molecular complexity index is 1100. The summed E-state index contributed by atoms with van der Waals surface area (Å²) in [5, 5.41) is 2.81. The van der Waals surface area contributed by atoms with Crippen molar-refractivity contribution in [1.29, 1.82) is 0 Å². The number of para-hydroxylation sites is 1. The first-order valence-electron chi connectivity index (χ1n) is 9.57. The van der Waals surface area contributed by atoms with E-state index in [1.165, 1.54) is 12.1 Å². The van der Waals surface area contributed by atoms with Crippen LogP contribution in [-0.2, 0) is 27.8 Å². The maximum Gasteiger partial charge on any atom is 0.243 e. The zero-order valence-corrected chi connectivity index (χ0v) is 17.4. The number of rotatable bonds is 8. The third kappa shape index (κ3) is 5.31. The number of hydrogen-bond acceptors (Lipinski definition) is 3. The van der Waals surface area contributed by atoms with Gasteiger partial charge in [-0.1, -0.05) is 55.5 Å². The molecule has 0 spiro atoms. The summed E-state index contributed by atoms with van der Waals surface area (Å²) in [6.45, 7) is 1.63. The topological polar surface area (TPSA) is 66.5 Å². The van der Waals surface area contributed by atoms with Gasteiger partial charge in [-0.25, -0.2) is 12.8 Å². The molecule has 0 fully saturated rings. The standard InChI is InChI=1S/C23H23FN2O3S/c1-2-19-10-6-7-11-22(19)25-23(27)17-26(16-18-8-4-3-5-9-18)30(28,29)21-14-12-20(24)13-15-21/h3-15H,2,16-17H2,1H3,(H,25,27). The molecule has 0 unspecified atom stereocenters. The number of amides is 1. The van der Waals surface area contributed by atoms with Gasteiger partial charge in [0.05, 0.1) is 11.4 Å². The second kappa shape index (κ2) is 9.65. The SMILES string of the molecule is CCc1ccccc1NC(=O)CN(Cc1ccccc1)S(=O)(=O)c1ccc(F)cc1. The van der Waals surface area contributed by atoms with E-state index in [-0.39, 0.29) is 18.0 Å². The fourth-order valence-electron chi connectivity index (χ4n) is 3.07. The lowest BCUT2D eigenvalue weighted by atomic mass is 10.1. The molecule has 5 nitrogen and oxygen atoms in total. The average Bonchev–Trinajstić information content (AvgIpc) is 2.74. The van der Waals surface area contributed by atoms with Crippen LogP contribution in [0.5, 0.6) is 0 Å². The fraction of sp³-hybridized carbons (Fsp3) is 0.174. The minimum Gasteiger partial charge on any atom is -0.325 e. The normalized spacial score (nSPS) is 11.4. The smallest absolute Gasteiger partial charge is 0.243 e. The number of carbonyl (C=O) groups excluding carboxylic acids is 1. The second-order valence-electron chi connectivity index (χ2n) is 6.77. The third-order valence-corrected chi connectivity index (χ3v) is 6.45. The van der Waals surface area contributed by atoms with Crippen molar-refractivity contribution in [2.45, 2.75) is 24.8 Å². The predicted molar refractivity (Wildman–Crippen MR) is 115 cm³/mol. The Morgan fingerprint density at radius 2 is 1.57 bits per heavy atom. The summed E-state index contributed by atoms with van der Waals surface area (Å²) < 4.78 is 40.7. The molecule has 1 N–H and O–H groups in total. The molecule has 3 rings (SSSR count). The van der Waals surface area contributed by atoms with Crippen molar-refractivity contribution in [3.63, 3.8) is 0 Å². The zero-order valence-electron chi connectivity index (χ0n) is 16.6. The fourth-order valence-corrected chi connectivity index (χ4v) is 4.45. The van der Waals surface area contributed by atoms with Crippen LogP contribution < -0.4 is 5.32 Å². The van der Waals surface area contributed by atoms with Crippen LogP contribution in [0.25, 0.3) is 0 Å². The molecule has 0 saturated carbocycles. The number of nitrogens with zero attached hydrogens (tertiary/aromatic N) is 1. The lowest BCUT2D eigenvalue weighted by Gasteiger charge is -2.22. The summed E-state index contributed by atoms with van der Waals surface area (Å²) in [5.74, 6) is -0.977. The average molecular weight is 427 g/mol. The molecule has 0 aliphatic heterocycles. The lowest BCUT2D eigenvalue weighted by Crippen LogP contribution is -2.37. The van der Waals surface area contributed by atoms with Gasteiger partial charge in [0.15, 0.2) is 0 Å². The molecular formula is C23H23FN2O3S. The highest BCUT2D eigenvalue weighted by Gasteiger charge is 2.27. The highest BCUT2D eigenvalue weighted by atomic mass is 32.2. The van der Waals surface area contributed by atoms with E-state index in [0.717, 1.165) is 34.0 Å². The van der Waals surface area contributed by atoms with Crippen LogP contribution in [0.3, 0.4) is 0 Å². The molecule has 0 heterocycles. The molecule has 156 valence electrons. The molecule has 0 aromatic heterocycles. The first kappa shape index (κ1) is 21.7. The third-order valence-electron chi connectivity index (χ3n) is 4.65. The second-order valence-corrected chi connectivity index (χ2v) is 8.71. The molecule has 30 heavy (non-hydrogen) atoms. The van der Waals surface area contributed by atoms with Crippen molar-refractivity contribution in [1.82, 2.24) is 4.31 Å². The van der Waals surface area contributed by atoms with Gasteiger partial charge in [-0.05, 0) is 47.9 Å². The molecule has 0 atom stereocenters. The summed E-state index contributed by atoms with van der Waals surface area (Å²) in [5.41, 5.74) is 2.36. The van der Waals surface area contributed by atoms with Gasteiger partial charge >= 0.3 is 0 Å². The number of nitrogens with one attached hydrogen (secondary N) is 1. The van der Waals surface area contributed by atoms with Gasteiger partial charge in [-0.15, -0.1) is 0 Å². The number of aryl methyl sites for hydroxylation is 1. The molecule has 0 bridgehead atoms. The van der Waals surface area contributed by atoms with Crippen LogP contribution in [0.1, 0.15) is 18.1 Å². The van der Waals surface area contributed by atoms with E-state index in [4.69, 9.17) is 0 Å². The number of halogens is 1. The van der Waals surface area contributed by atoms with Gasteiger partial charge in [-0.2, -0.15) is 4.31 Å². The summed E-state index contributed by atoms with van der Waals surface area (Å²) >= 11 is 0. The Morgan fingerprint density at radius 3 is 2.23 bits per heavy atom. The van der Waals surface area contributed by atoms with Crippen molar-refractivity contribution in [3.8, 4) is 0 Å². The molecule has 3 aromatic carbocycles. The Hall–Kier alpha value is -3.03. The van der Waals surface area contributed by atoms with Gasteiger partial charge in [0.2, 0.25) is 15.9 Å². The largest absolute Gasteiger partial charge is 0.325 e. The molecule has 0 radical (unpaired) electrons. The van der Waals surface area contributed by atoms with Crippen molar-refractivity contribution >= 4 is 21.6 Å². The number of carbonyl (C=O) groups is 1. The Kier molecular flexibility index (Phi) is 6.97. The van der Waals surface area contributed by atoms with Crippen LogP contribution in [0.15, 0.2) is 83.8 Å². The van der Waals surface area contributed by atoms with E-state index in [1.54, 1.807) is 30.3 Å². The number of hydrogen-bond donors (Lipinski definition) is 1. The van der Waals surface area contributed by atoms with Crippen molar-refractivity contribution in [2.24, 2.45) is 0 Å². The monoisotopic (exact) mass is 426 g/mol. The molecule has 0 aliphatic carbocycles. The quantitative estimate of drug-likeness (QED) is 0.587. The van der Waals surface area contributed by atoms with Crippen LogP contribution >= 0.6 is 0 Å². The van der Waals surface area contributed by atoms with E-state index in [1.807, 2.05) is 31.2 Å². The van der Waals surface area contributed by atoms with Gasteiger partial charge in [0, 0.05) is 12.2 Å². The van der Waals surface area contributed by atoms with Gasteiger partial charge in [0.25, 0.3) is 0 Å². The highest BCUT2D eigenvalue weighted by Crippen LogP contribution is 2.20. The molecule has 0 aliphatic rings. The highest BCUT2D eigenvalue weighted by molar-refractivity contribution is 7.89. The molecule has 3 aromatic rings. The summed E-state index contributed by atoms with van der Waals surface area (Å²) in [6, 6.07) is 21.0. The van der Waals surface area contributed by atoms with Crippen molar-refractivity contribution < 1.29 is 17.6 Å². The molecular weight excluding hydrogens is 403 g/mol. The maximum absolute atomic E-state index is 13.3. The maximum atomic E-state index is 13.3. The number of benzene rings is 3. The van der Waals surface area contributed by atoms with Crippen LogP contribution in [0.4, 0.5) is 10.1 Å². The van der Waals surface area contributed by atoms with Gasteiger partial charge < -0.3 is 5.32 Å². The number of sulfonamides is 1. The minimum atomic E-state index is -4.01. The first-order valence-corrected chi connectivity index (χ1v) is 11.0. The van der Waals surface area contributed by atoms with E-state index in [9.17, 15) is 17.6 Å². The van der Waals surface area contributed by atoms with E-state index < -0.39 is 21.7 Å². The molecule has 1 amide bonds. The lowest BCUT2D eigenvalue weighted by molar-refractivity contribution is -0.116. The number of anilines is 1. The Labute approximate surface area is 176 Å². The zero-order chi connectivity index (χ0) is 21.6. The minimum absolute atomic E-state index is 0.0173. The summed E-state index contributed by atoms with van der Waals surface area (Å²) in [7, 11) is -4.01. The van der Waals surface area contributed by atoms with E-state index in [0.29, 0.717) is 5.69 Å². The van der Waals surface area contributed by atoms with Crippen molar-refractivity contribution in [3.05, 3.63) is 95.8 Å². The van der Waals surface area contributed by atoms with Crippen molar-refractivity contribution in [2.75, 3.05) is 11.9 Å². The predicted octanol–water partition coefficient (Wildman–Crippen LogP) is 4.22. The van der Waals surface area contributed by atoms with Crippen LogP contribution in [-0.4, -0.2) is 25.2 Å². The Balaban J connectivity index is 1.87. The summed E-state index contributed by atoms with van der Waals surface area (Å²) in [6.07, 6.45) is 0.734. The van der Waals surface area contributed by atoms with E-state index in [2.05, 4.69) is 5.32 Å². The van der Waals surface area contributed by atoms with E-state index >= 15 is 0 Å². The molecule has 0 saturated heterocycles. The van der Waals surface area contributed by atoms with Gasteiger partial charge in [-0.3, -0.25) is 4.79 Å². The van der Waals surface area contributed by atoms with Crippen LogP contribution in [0, 0.1) is 5.82 Å². The van der Waals surface area contributed by atoms with Gasteiger partial charge in [0.1, 0.15) is 5.82 Å². The molecule has 7 heteroatoms. The first-order chi connectivity index (χ1) is 14.4. The Morgan fingerprint density at radius 1 is 0.933 bits per heavy atom. The summed E-state index contributed by atoms with van der Waals surface area (Å²) in [4.78, 5) is 12.7. The van der Waals surface area contributed by atoms with Crippen LogP contribution in [0.2, 0.25) is 0 Å².